The standard InChI is InChI=1S/C15H18N2O5S/c1-7-12(8(2)22-17-7)9-3-4-16-5-11(9)21-15-14(20)13(19)10(18)6-23-15/h3-5,10,13-15,18-20H,6H2,1-2H3/t10-,13+,14-,15-/m1/s1. The maximum Gasteiger partial charge on any atom is 0.173 e. The van der Waals surface area contributed by atoms with Crippen LogP contribution in [0.1, 0.15) is 11.5 Å². The van der Waals surface area contributed by atoms with Gasteiger partial charge in [0.25, 0.3) is 0 Å². The molecule has 1 saturated heterocycles. The first kappa shape index (κ1) is 16.3. The summed E-state index contributed by atoms with van der Waals surface area (Å²) in [6.45, 7) is 3.64. The van der Waals surface area contributed by atoms with Crippen molar-refractivity contribution in [2.75, 3.05) is 5.75 Å². The number of aryl methyl sites for hydroxylation is 2. The van der Waals surface area contributed by atoms with Crippen molar-refractivity contribution in [3.8, 4) is 16.9 Å². The third-order valence-electron chi connectivity index (χ3n) is 3.78. The molecule has 4 atom stereocenters. The van der Waals surface area contributed by atoms with E-state index in [4.69, 9.17) is 9.26 Å². The number of aliphatic hydroxyl groups excluding tert-OH is 3. The van der Waals surface area contributed by atoms with E-state index >= 15 is 0 Å². The van der Waals surface area contributed by atoms with Crippen molar-refractivity contribution < 1.29 is 24.6 Å². The first-order valence-electron chi connectivity index (χ1n) is 7.18. The normalized spacial score (nSPS) is 27.9. The largest absolute Gasteiger partial charge is 0.475 e. The molecular weight excluding hydrogens is 320 g/mol. The highest BCUT2D eigenvalue weighted by Gasteiger charge is 2.39. The molecule has 0 saturated carbocycles. The third kappa shape index (κ3) is 3.07. The lowest BCUT2D eigenvalue weighted by molar-refractivity contribution is -0.0785. The number of nitrogens with zero attached hydrogens (tertiary/aromatic N) is 2. The van der Waals surface area contributed by atoms with E-state index in [1.54, 1.807) is 18.5 Å². The van der Waals surface area contributed by atoms with Gasteiger partial charge in [-0.15, -0.1) is 11.8 Å². The summed E-state index contributed by atoms with van der Waals surface area (Å²) in [5, 5.41) is 33.4. The number of thioether (sulfide) groups is 1. The number of hydrogen-bond donors (Lipinski definition) is 3. The second kappa shape index (κ2) is 6.48. The minimum absolute atomic E-state index is 0.282. The fraction of sp³-hybridized carbons (Fsp3) is 0.467. The van der Waals surface area contributed by atoms with Crippen LogP contribution in [0.2, 0.25) is 0 Å². The molecule has 0 spiro atoms. The van der Waals surface area contributed by atoms with Crippen molar-refractivity contribution >= 4 is 11.8 Å². The number of aliphatic hydroxyl groups is 3. The van der Waals surface area contributed by atoms with Crippen LogP contribution in [-0.4, -0.2) is 55.0 Å². The maximum absolute atomic E-state index is 10.1. The maximum atomic E-state index is 10.1. The molecule has 1 aliphatic heterocycles. The van der Waals surface area contributed by atoms with E-state index in [1.807, 2.05) is 13.8 Å². The van der Waals surface area contributed by atoms with Crippen LogP contribution in [0.3, 0.4) is 0 Å². The first-order valence-corrected chi connectivity index (χ1v) is 8.23. The van der Waals surface area contributed by atoms with Gasteiger partial charge in [-0.1, -0.05) is 5.16 Å². The highest BCUT2D eigenvalue weighted by molar-refractivity contribution is 7.99. The molecule has 3 N–H and O–H groups in total. The van der Waals surface area contributed by atoms with Gasteiger partial charge in [0.15, 0.2) is 5.44 Å². The van der Waals surface area contributed by atoms with Crippen molar-refractivity contribution in [3.05, 3.63) is 29.9 Å². The van der Waals surface area contributed by atoms with Crippen LogP contribution < -0.4 is 4.74 Å². The summed E-state index contributed by atoms with van der Waals surface area (Å²) in [6, 6.07) is 1.78. The topological polar surface area (TPSA) is 109 Å². The zero-order valence-corrected chi connectivity index (χ0v) is 13.5. The molecule has 0 radical (unpaired) electrons. The highest BCUT2D eigenvalue weighted by Crippen LogP contribution is 2.37. The summed E-state index contributed by atoms with van der Waals surface area (Å²) in [7, 11) is 0. The Morgan fingerprint density at radius 3 is 2.74 bits per heavy atom. The highest BCUT2D eigenvalue weighted by atomic mass is 32.2. The zero-order valence-electron chi connectivity index (χ0n) is 12.7. The van der Waals surface area contributed by atoms with Crippen molar-refractivity contribution in [1.29, 1.82) is 0 Å². The molecule has 3 rings (SSSR count). The molecule has 7 nitrogen and oxygen atoms in total. The molecule has 0 unspecified atom stereocenters. The number of ether oxygens (including phenoxy) is 1. The lowest BCUT2D eigenvalue weighted by Crippen LogP contribution is -2.50. The van der Waals surface area contributed by atoms with Crippen LogP contribution >= 0.6 is 11.8 Å². The van der Waals surface area contributed by atoms with Crippen molar-refractivity contribution in [2.45, 2.75) is 37.6 Å². The number of hydrogen-bond acceptors (Lipinski definition) is 8. The van der Waals surface area contributed by atoms with E-state index in [2.05, 4.69) is 10.1 Å². The van der Waals surface area contributed by atoms with Gasteiger partial charge in [-0.3, -0.25) is 4.98 Å². The van der Waals surface area contributed by atoms with E-state index in [1.165, 1.54) is 11.8 Å². The molecule has 0 amide bonds. The van der Waals surface area contributed by atoms with Gasteiger partial charge in [0.2, 0.25) is 0 Å². The lowest BCUT2D eigenvalue weighted by atomic mass is 10.0. The van der Waals surface area contributed by atoms with Crippen LogP contribution in [0.4, 0.5) is 0 Å². The second-order valence-electron chi connectivity index (χ2n) is 5.44. The van der Waals surface area contributed by atoms with Gasteiger partial charge in [-0.05, 0) is 19.9 Å². The van der Waals surface area contributed by atoms with E-state index in [9.17, 15) is 15.3 Å². The summed E-state index contributed by atoms with van der Waals surface area (Å²) in [5.74, 6) is 1.40. The van der Waals surface area contributed by atoms with Gasteiger partial charge in [-0.25, -0.2) is 0 Å². The molecule has 2 aromatic rings. The molecule has 3 heterocycles. The van der Waals surface area contributed by atoms with Crippen LogP contribution in [0.15, 0.2) is 23.0 Å². The van der Waals surface area contributed by atoms with Gasteiger partial charge in [0.1, 0.15) is 23.7 Å². The van der Waals surface area contributed by atoms with Crippen LogP contribution in [0.5, 0.6) is 5.75 Å². The molecule has 2 aromatic heterocycles. The van der Waals surface area contributed by atoms with Crippen molar-refractivity contribution in [1.82, 2.24) is 10.1 Å². The minimum Gasteiger partial charge on any atom is -0.475 e. The Morgan fingerprint density at radius 1 is 1.26 bits per heavy atom. The van der Waals surface area contributed by atoms with Crippen LogP contribution in [0.25, 0.3) is 11.1 Å². The molecule has 0 bridgehead atoms. The number of pyridine rings is 1. The Morgan fingerprint density at radius 2 is 2.04 bits per heavy atom. The smallest absolute Gasteiger partial charge is 0.173 e. The molecular formula is C15H18N2O5S. The first-order chi connectivity index (χ1) is 11.0. The number of aromatic nitrogens is 2. The third-order valence-corrected chi connectivity index (χ3v) is 5.02. The van der Waals surface area contributed by atoms with Crippen molar-refractivity contribution in [2.24, 2.45) is 0 Å². The molecule has 0 aliphatic carbocycles. The van der Waals surface area contributed by atoms with Gasteiger partial charge < -0.3 is 24.6 Å². The summed E-state index contributed by atoms with van der Waals surface area (Å²) in [4.78, 5) is 4.06. The quantitative estimate of drug-likeness (QED) is 0.757. The van der Waals surface area contributed by atoms with Gasteiger partial charge in [0.05, 0.1) is 23.6 Å². The Balaban J connectivity index is 1.90. The molecule has 124 valence electrons. The Hall–Kier alpha value is -1.61. The molecule has 1 aliphatic rings. The summed E-state index contributed by atoms with van der Waals surface area (Å²) < 4.78 is 11.1. The van der Waals surface area contributed by atoms with Crippen LogP contribution in [-0.2, 0) is 0 Å². The monoisotopic (exact) mass is 338 g/mol. The number of rotatable bonds is 3. The summed E-state index contributed by atoms with van der Waals surface area (Å²) in [6.07, 6.45) is -0.212. The predicted octanol–water partition coefficient (Wildman–Crippen LogP) is 0.888. The Bertz CT molecular complexity index is 673. The van der Waals surface area contributed by atoms with Gasteiger partial charge >= 0.3 is 0 Å². The van der Waals surface area contributed by atoms with Crippen LogP contribution in [0, 0.1) is 13.8 Å². The van der Waals surface area contributed by atoms with E-state index in [-0.39, 0.29) is 5.75 Å². The molecule has 1 fully saturated rings. The Labute approximate surface area is 137 Å². The summed E-state index contributed by atoms with van der Waals surface area (Å²) >= 11 is 1.24. The van der Waals surface area contributed by atoms with E-state index in [0.29, 0.717) is 11.5 Å². The average Bonchev–Trinajstić information content (AvgIpc) is 2.87. The molecule has 0 aromatic carbocycles. The van der Waals surface area contributed by atoms with E-state index < -0.39 is 23.7 Å². The fourth-order valence-electron chi connectivity index (χ4n) is 2.56. The summed E-state index contributed by atoms with van der Waals surface area (Å²) in [5.41, 5.74) is 1.60. The fourth-order valence-corrected chi connectivity index (χ4v) is 3.67. The zero-order chi connectivity index (χ0) is 16.6. The van der Waals surface area contributed by atoms with E-state index in [0.717, 1.165) is 16.8 Å². The van der Waals surface area contributed by atoms with Gasteiger partial charge in [-0.2, -0.15) is 0 Å². The lowest BCUT2D eigenvalue weighted by Gasteiger charge is -2.34. The molecule has 23 heavy (non-hydrogen) atoms. The molecule has 8 heteroatoms. The SMILES string of the molecule is Cc1noc(C)c1-c1ccncc1O[C@@H]1SC[C@@H](O)[C@H](O)[C@H]1O. The average molecular weight is 338 g/mol. The second-order valence-corrected chi connectivity index (χ2v) is 6.57. The predicted molar refractivity (Wildman–Crippen MR) is 84.1 cm³/mol. The van der Waals surface area contributed by atoms with Gasteiger partial charge in [0, 0.05) is 17.5 Å². The minimum atomic E-state index is -1.24. The Kier molecular flexibility index (Phi) is 4.58. The van der Waals surface area contributed by atoms with Crippen molar-refractivity contribution in [3.63, 3.8) is 0 Å².